The van der Waals surface area contributed by atoms with Crippen LogP contribution in [-0.4, -0.2) is 30.6 Å². The number of nitrogens with zero attached hydrogens (tertiary/aromatic N) is 5. The van der Waals surface area contributed by atoms with Gasteiger partial charge in [0.05, 0.1) is 11.2 Å². The summed E-state index contributed by atoms with van der Waals surface area (Å²) in [4.78, 5) is 16.1. The van der Waals surface area contributed by atoms with Gasteiger partial charge < -0.3 is 0 Å². The number of hydrogen-bond donors (Lipinski definition) is 0. The third kappa shape index (κ3) is 3.25. The van der Waals surface area contributed by atoms with Gasteiger partial charge in [0, 0.05) is 29.1 Å². The maximum Gasteiger partial charge on any atom is 0.177 e. The van der Waals surface area contributed by atoms with Crippen LogP contribution < -0.4 is 0 Å². The zero-order valence-corrected chi connectivity index (χ0v) is 15.8. The number of pyridine rings is 1. The quantitative estimate of drug-likeness (QED) is 0.439. The lowest BCUT2D eigenvalue weighted by molar-refractivity contribution is 0.101. The van der Waals surface area contributed by atoms with Crippen molar-refractivity contribution in [1.29, 1.82) is 0 Å². The normalized spacial score (nSPS) is 11.2. The van der Waals surface area contributed by atoms with Crippen LogP contribution in [0.4, 0.5) is 0 Å². The molecular formula is C23H17N5O. The minimum atomic E-state index is 0.0312. The largest absolute Gasteiger partial charge is 0.295 e. The highest BCUT2D eigenvalue weighted by atomic mass is 16.1. The second-order valence-electron chi connectivity index (χ2n) is 6.95. The van der Waals surface area contributed by atoms with Crippen molar-refractivity contribution in [1.82, 2.24) is 24.8 Å². The molecule has 0 bridgehead atoms. The Bertz CT molecular complexity index is 1370. The molecule has 0 aliphatic heterocycles. The summed E-state index contributed by atoms with van der Waals surface area (Å²) < 4.78 is 1.77. The molecule has 0 unspecified atom stereocenters. The van der Waals surface area contributed by atoms with Crippen molar-refractivity contribution < 1.29 is 4.79 Å². The van der Waals surface area contributed by atoms with Gasteiger partial charge in [-0.25, -0.2) is 0 Å². The smallest absolute Gasteiger partial charge is 0.177 e. The molecule has 29 heavy (non-hydrogen) atoms. The lowest BCUT2D eigenvalue weighted by atomic mass is 10.1. The first-order chi connectivity index (χ1) is 14.2. The van der Waals surface area contributed by atoms with Crippen molar-refractivity contribution in [2.24, 2.45) is 0 Å². The number of carbonyl (C=O) groups is 1. The summed E-state index contributed by atoms with van der Waals surface area (Å²) in [5.74, 6) is 0.788. The first kappa shape index (κ1) is 17.2. The Balaban J connectivity index is 1.54. The van der Waals surface area contributed by atoms with E-state index in [4.69, 9.17) is 5.10 Å². The van der Waals surface area contributed by atoms with Gasteiger partial charge in [0.1, 0.15) is 0 Å². The standard InChI is InChI=1S/C23H17N5O/c1-15(29)17-4-2-5-19(14-17)21-9-10-22-25-26-23(28(22)27-21)13-16-7-8-20-18(12-16)6-3-11-24-20/h2-12,14H,13H2,1H3. The van der Waals surface area contributed by atoms with E-state index in [1.54, 1.807) is 17.6 Å². The molecule has 2 aromatic carbocycles. The number of ketones is 1. The van der Waals surface area contributed by atoms with Gasteiger partial charge in [-0.1, -0.05) is 30.3 Å². The molecule has 0 N–H and O–H groups in total. The highest BCUT2D eigenvalue weighted by molar-refractivity contribution is 5.95. The van der Waals surface area contributed by atoms with Gasteiger partial charge in [-0.2, -0.15) is 9.61 Å². The predicted octanol–water partition coefficient (Wildman–Crippen LogP) is 4.13. The minimum absolute atomic E-state index is 0.0312. The number of benzene rings is 2. The van der Waals surface area contributed by atoms with Gasteiger partial charge in [-0.15, -0.1) is 10.2 Å². The molecule has 0 aliphatic carbocycles. The Labute approximate surface area is 166 Å². The SMILES string of the molecule is CC(=O)c1cccc(-c2ccc3nnc(Cc4ccc5ncccc5c4)n3n2)c1. The second-order valence-corrected chi connectivity index (χ2v) is 6.95. The Kier molecular flexibility index (Phi) is 4.09. The van der Waals surface area contributed by atoms with Gasteiger partial charge in [0.2, 0.25) is 0 Å². The lowest BCUT2D eigenvalue weighted by Gasteiger charge is -2.05. The molecule has 6 nitrogen and oxygen atoms in total. The zero-order chi connectivity index (χ0) is 19.8. The molecule has 0 fully saturated rings. The number of fused-ring (bicyclic) bond motifs is 2. The number of rotatable bonds is 4. The number of Topliss-reactive ketones (excluding diaryl/α,β-unsaturated/α-hetero) is 1. The molecule has 140 valence electrons. The molecule has 0 spiro atoms. The van der Waals surface area contributed by atoms with Crippen LogP contribution in [0.2, 0.25) is 0 Å². The number of aromatic nitrogens is 5. The highest BCUT2D eigenvalue weighted by Crippen LogP contribution is 2.20. The third-order valence-corrected chi connectivity index (χ3v) is 4.92. The summed E-state index contributed by atoms with van der Waals surface area (Å²) in [5.41, 5.74) is 5.09. The Hall–Kier alpha value is -3.93. The highest BCUT2D eigenvalue weighted by Gasteiger charge is 2.11. The Morgan fingerprint density at radius 1 is 0.966 bits per heavy atom. The van der Waals surface area contributed by atoms with Crippen molar-refractivity contribution in [3.05, 3.63) is 89.9 Å². The summed E-state index contributed by atoms with van der Waals surface area (Å²) in [6, 6.07) is 21.4. The van der Waals surface area contributed by atoms with Crippen LogP contribution in [-0.2, 0) is 6.42 Å². The van der Waals surface area contributed by atoms with Crippen LogP contribution in [0.1, 0.15) is 28.7 Å². The molecule has 3 aromatic heterocycles. The average molecular weight is 379 g/mol. The van der Waals surface area contributed by atoms with Gasteiger partial charge >= 0.3 is 0 Å². The average Bonchev–Trinajstić information content (AvgIpc) is 3.15. The van der Waals surface area contributed by atoms with E-state index < -0.39 is 0 Å². The summed E-state index contributed by atoms with van der Waals surface area (Å²) >= 11 is 0. The van der Waals surface area contributed by atoms with Gasteiger partial charge in [0.25, 0.3) is 0 Å². The van der Waals surface area contributed by atoms with Crippen LogP contribution >= 0.6 is 0 Å². The van der Waals surface area contributed by atoms with E-state index in [9.17, 15) is 4.79 Å². The predicted molar refractivity (Wildman–Crippen MR) is 111 cm³/mol. The maximum atomic E-state index is 11.7. The van der Waals surface area contributed by atoms with Gasteiger partial charge in [-0.3, -0.25) is 9.78 Å². The molecular weight excluding hydrogens is 362 g/mol. The molecule has 0 saturated carbocycles. The Morgan fingerprint density at radius 3 is 2.79 bits per heavy atom. The number of carbonyl (C=O) groups excluding carboxylic acids is 1. The molecule has 5 aromatic rings. The topological polar surface area (TPSA) is 73.0 Å². The van der Waals surface area contributed by atoms with E-state index >= 15 is 0 Å². The van der Waals surface area contributed by atoms with Gasteiger partial charge in [0.15, 0.2) is 17.3 Å². The maximum absolute atomic E-state index is 11.7. The molecule has 6 heteroatoms. The van der Waals surface area contributed by atoms with Crippen molar-refractivity contribution in [3.8, 4) is 11.3 Å². The van der Waals surface area contributed by atoms with Gasteiger partial charge in [-0.05, 0) is 48.9 Å². The van der Waals surface area contributed by atoms with Crippen molar-refractivity contribution in [2.45, 2.75) is 13.3 Å². The fourth-order valence-electron chi connectivity index (χ4n) is 3.41. The monoisotopic (exact) mass is 379 g/mol. The summed E-state index contributed by atoms with van der Waals surface area (Å²) in [6.07, 6.45) is 2.40. The van der Waals surface area contributed by atoms with E-state index in [0.29, 0.717) is 17.6 Å². The molecule has 0 atom stereocenters. The molecule has 3 heterocycles. The fraction of sp³-hybridized carbons (Fsp3) is 0.0870. The van der Waals surface area contributed by atoms with E-state index in [1.165, 1.54) is 0 Å². The van der Waals surface area contributed by atoms with Crippen molar-refractivity contribution in [3.63, 3.8) is 0 Å². The number of hydrogen-bond acceptors (Lipinski definition) is 5. The first-order valence-corrected chi connectivity index (χ1v) is 9.34. The zero-order valence-electron chi connectivity index (χ0n) is 15.8. The van der Waals surface area contributed by atoms with E-state index in [1.807, 2.05) is 54.6 Å². The van der Waals surface area contributed by atoms with Crippen LogP contribution in [0.15, 0.2) is 72.9 Å². The Morgan fingerprint density at radius 2 is 1.90 bits per heavy atom. The van der Waals surface area contributed by atoms with E-state index in [-0.39, 0.29) is 5.78 Å². The summed E-state index contributed by atoms with van der Waals surface area (Å²) in [5, 5.41) is 14.4. The second kappa shape index (κ2) is 6.91. The fourth-order valence-corrected chi connectivity index (χ4v) is 3.41. The molecule has 0 amide bonds. The van der Waals surface area contributed by atoms with Crippen LogP contribution in [0, 0.1) is 0 Å². The summed E-state index contributed by atoms with van der Waals surface area (Å²) in [7, 11) is 0. The van der Waals surface area contributed by atoms with Crippen molar-refractivity contribution >= 4 is 22.3 Å². The third-order valence-electron chi connectivity index (χ3n) is 4.92. The van der Waals surface area contributed by atoms with Crippen molar-refractivity contribution in [2.75, 3.05) is 0 Å². The molecule has 0 radical (unpaired) electrons. The lowest BCUT2D eigenvalue weighted by Crippen LogP contribution is -2.02. The molecule has 0 aliphatic rings. The van der Waals surface area contributed by atoms with E-state index in [2.05, 4.69) is 27.3 Å². The molecule has 5 rings (SSSR count). The summed E-state index contributed by atoms with van der Waals surface area (Å²) in [6.45, 7) is 1.56. The van der Waals surface area contributed by atoms with Crippen LogP contribution in [0.5, 0.6) is 0 Å². The first-order valence-electron chi connectivity index (χ1n) is 9.34. The van der Waals surface area contributed by atoms with Crippen LogP contribution in [0.25, 0.3) is 27.8 Å². The minimum Gasteiger partial charge on any atom is -0.295 e. The van der Waals surface area contributed by atoms with E-state index in [0.717, 1.165) is 33.5 Å². The molecule has 0 saturated heterocycles. The van der Waals surface area contributed by atoms with Crippen LogP contribution in [0.3, 0.4) is 0 Å².